The topological polar surface area (TPSA) is 34.2 Å². The van der Waals surface area contributed by atoms with Crippen LogP contribution in [0.3, 0.4) is 0 Å². The van der Waals surface area contributed by atoms with Gasteiger partial charge in [0.05, 0.1) is 0 Å². The van der Waals surface area contributed by atoms with Gasteiger partial charge in [-0.25, -0.2) is 4.98 Å². The molecule has 1 aliphatic carbocycles. The fourth-order valence-corrected chi connectivity index (χ4v) is 2.91. The highest BCUT2D eigenvalue weighted by molar-refractivity contribution is 9.10. The van der Waals surface area contributed by atoms with Gasteiger partial charge in [-0.2, -0.15) is 0 Å². The van der Waals surface area contributed by atoms with Crippen LogP contribution in [-0.2, 0) is 6.54 Å². The molecule has 0 saturated heterocycles. The lowest BCUT2D eigenvalue weighted by molar-refractivity contribution is 0.174. The van der Waals surface area contributed by atoms with E-state index < -0.39 is 0 Å². The summed E-state index contributed by atoms with van der Waals surface area (Å²) < 4.78 is 7.19. The molecule has 0 radical (unpaired) electrons. The third-order valence-electron chi connectivity index (χ3n) is 3.67. The van der Waals surface area contributed by atoms with Crippen molar-refractivity contribution in [2.75, 3.05) is 0 Å². The van der Waals surface area contributed by atoms with Crippen molar-refractivity contribution < 1.29 is 4.74 Å². The molecule has 0 aliphatic heterocycles. The van der Waals surface area contributed by atoms with Gasteiger partial charge in [0.2, 0.25) is 5.88 Å². The van der Waals surface area contributed by atoms with Crippen molar-refractivity contribution in [3.63, 3.8) is 0 Å². The van der Waals surface area contributed by atoms with Crippen LogP contribution in [-0.4, -0.2) is 17.1 Å². The molecule has 1 fully saturated rings. The Labute approximate surface area is 130 Å². The number of halogens is 1. The maximum absolute atomic E-state index is 6.18. The summed E-state index contributed by atoms with van der Waals surface area (Å²) in [6, 6.07) is 2.56. The van der Waals surface area contributed by atoms with Crippen LogP contribution in [0.4, 0.5) is 0 Å². The Morgan fingerprint density at radius 2 is 2.00 bits per heavy atom. The minimum atomic E-state index is 0.337. The first kappa shape index (κ1) is 15.8. The fourth-order valence-electron chi connectivity index (χ4n) is 2.53. The number of hydrogen-bond donors (Lipinski definition) is 1. The van der Waals surface area contributed by atoms with Gasteiger partial charge in [0.15, 0.2) is 0 Å². The third-order valence-corrected chi connectivity index (χ3v) is 4.11. The number of nitrogens with zero attached hydrogens (tertiary/aromatic N) is 1. The van der Waals surface area contributed by atoms with E-state index in [2.05, 4.69) is 46.1 Å². The van der Waals surface area contributed by atoms with Gasteiger partial charge in [-0.15, -0.1) is 0 Å². The molecule has 1 saturated carbocycles. The minimum Gasteiger partial charge on any atom is -0.474 e. The average Bonchev–Trinajstić information content (AvgIpc) is 2.67. The summed E-state index contributed by atoms with van der Waals surface area (Å²) in [6.45, 7) is 5.10. The molecular formula is C16H25BrN2O. The first-order chi connectivity index (χ1) is 9.65. The van der Waals surface area contributed by atoms with Crippen LogP contribution in [0.1, 0.15) is 57.9 Å². The first-order valence-electron chi connectivity index (χ1n) is 7.69. The van der Waals surface area contributed by atoms with E-state index in [0.717, 1.165) is 35.3 Å². The summed E-state index contributed by atoms with van der Waals surface area (Å²) in [7, 11) is 0. The molecule has 0 aromatic carbocycles. The lowest BCUT2D eigenvalue weighted by Crippen LogP contribution is -2.23. The van der Waals surface area contributed by atoms with Gasteiger partial charge in [0, 0.05) is 28.8 Å². The van der Waals surface area contributed by atoms with Crippen LogP contribution in [0.2, 0.25) is 0 Å². The van der Waals surface area contributed by atoms with Crippen molar-refractivity contribution in [3.8, 4) is 5.88 Å². The second-order valence-electron chi connectivity index (χ2n) is 5.88. The standard InChI is InChI=1S/C16H25BrN2O/c1-12(2)18-10-13-9-14(17)11-19-16(13)20-15-7-5-3-4-6-8-15/h9,11-12,15,18H,3-8,10H2,1-2H3. The maximum Gasteiger partial charge on any atom is 0.218 e. The molecule has 0 atom stereocenters. The molecule has 2 rings (SSSR count). The van der Waals surface area contributed by atoms with Crippen LogP contribution in [0.15, 0.2) is 16.7 Å². The number of rotatable bonds is 5. The van der Waals surface area contributed by atoms with Crippen molar-refractivity contribution >= 4 is 15.9 Å². The van der Waals surface area contributed by atoms with E-state index in [4.69, 9.17) is 4.74 Å². The molecule has 1 aliphatic rings. The Hall–Kier alpha value is -0.610. The smallest absolute Gasteiger partial charge is 0.218 e. The maximum atomic E-state index is 6.18. The summed E-state index contributed by atoms with van der Waals surface area (Å²) in [6.07, 6.45) is 9.73. The van der Waals surface area contributed by atoms with Crippen LogP contribution in [0, 0.1) is 0 Å². The van der Waals surface area contributed by atoms with Gasteiger partial charge in [-0.1, -0.05) is 26.7 Å². The zero-order valence-electron chi connectivity index (χ0n) is 12.5. The zero-order chi connectivity index (χ0) is 14.4. The molecule has 20 heavy (non-hydrogen) atoms. The van der Waals surface area contributed by atoms with Crippen molar-refractivity contribution in [2.24, 2.45) is 0 Å². The predicted molar refractivity (Wildman–Crippen MR) is 86.0 cm³/mol. The largest absolute Gasteiger partial charge is 0.474 e. The Balaban J connectivity index is 2.04. The molecule has 0 spiro atoms. The number of pyridine rings is 1. The molecule has 0 bridgehead atoms. The Kier molecular flexibility index (Phi) is 6.30. The molecular weight excluding hydrogens is 316 g/mol. The molecule has 112 valence electrons. The summed E-state index contributed by atoms with van der Waals surface area (Å²) in [5.41, 5.74) is 1.14. The third kappa shape index (κ3) is 5.06. The highest BCUT2D eigenvalue weighted by atomic mass is 79.9. The highest BCUT2D eigenvalue weighted by Crippen LogP contribution is 2.25. The SMILES string of the molecule is CC(C)NCc1cc(Br)cnc1OC1CCCCCC1. The number of aromatic nitrogens is 1. The number of ether oxygens (including phenoxy) is 1. The van der Waals surface area contributed by atoms with Crippen molar-refractivity contribution in [1.29, 1.82) is 0 Å². The van der Waals surface area contributed by atoms with Crippen molar-refractivity contribution in [3.05, 3.63) is 22.3 Å². The normalized spacial score (nSPS) is 17.2. The van der Waals surface area contributed by atoms with E-state index >= 15 is 0 Å². The van der Waals surface area contributed by atoms with Gasteiger partial charge in [-0.3, -0.25) is 0 Å². The van der Waals surface area contributed by atoms with E-state index in [1.54, 1.807) is 0 Å². The lowest BCUT2D eigenvalue weighted by Gasteiger charge is -2.19. The van der Waals surface area contributed by atoms with Gasteiger partial charge < -0.3 is 10.1 Å². The molecule has 0 amide bonds. The van der Waals surface area contributed by atoms with Crippen LogP contribution >= 0.6 is 15.9 Å². The fraction of sp³-hybridized carbons (Fsp3) is 0.688. The van der Waals surface area contributed by atoms with E-state index in [0.29, 0.717) is 12.1 Å². The van der Waals surface area contributed by atoms with Crippen molar-refractivity contribution in [1.82, 2.24) is 10.3 Å². The Bertz CT molecular complexity index is 415. The molecule has 4 heteroatoms. The van der Waals surface area contributed by atoms with E-state index in [1.807, 2.05) is 6.20 Å². The average molecular weight is 341 g/mol. The second kappa shape index (κ2) is 7.99. The predicted octanol–water partition coefficient (Wildman–Crippen LogP) is 4.44. The molecule has 1 N–H and O–H groups in total. The van der Waals surface area contributed by atoms with Gasteiger partial charge >= 0.3 is 0 Å². The Morgan fingerprint density at radius 3 is 2.65 bits per heavy atom. The molecule has 1 aromatic heterocycles. The number of hydrogen-bond acceptors (Lipinski definition) is 3. The van der Waals surface area contributed by atoms with Crippen LogP contribution < -0.4 is 10.1 Å². The summed E-state index contributed by atoms with van der Waals surface area (Å²) in [4.78, 5) is 4.47. The van der Waals surface area contributed by atoms with Gasteiger partial charge in [-0.05, 0) is 47.7 Å². The highest BCUT2D eigenvalue weighted by Gasteiger charge is 2.16. The summed E-state index contributed by atoms with van der Waals surface area (Å²) in [5, 5.41) is 3.44. The van der Waals surface area contributed by atoms with Gasteiger partial charge in [0.1, 0.15) is 6.10 Å². The van der Waals surface area contributed by atoms with E-state index in [9.17, 15) is 0 Å². The quantitative estimate of drug-likeness (QED) is 0.804. The number of nitrogens with one attached hydrogen (secondary N) is 1. The van der Waals surface area contributed by atoms with Gasteiger partial charge in [0.25, 0.3) is 0 Å². The Morgan fingerprint density at radius 1 is 1.30 bits per heavy atom. The molecule has 0 unspecified atom stereocenters. The molecule has 1 aromatic rings. The lowest BCUT2D eigenvalue weighted by atomic mass is 10.1. The molecule has 1 heterocycles. The second-order valence-corrected chi connectivity index (χ2v) is 6.80. The van der Waals surface area contributed by atoms with E-state index in [-0.39, 0.29) is 0 Å². The monoisotopic (exact) mass is 340 g/mol. The zero-order valence-corrected chi connectivity index (χ0v) is 14.1. The minimum absolute atomic E-state index is 0.337. The van der Waals surface area contributed by atoms with Crippen LogP contribution in [0.25, 0.3) is 0 Å². The van der Waals surface area contributed by atoms with E-state index in [1.165, 1.54) is 25.7 Å². The molecule has 3 nitrogen and oxygen atoms in total. The summed E-state index contributed by atoms with van der Waals surface area (Å²) in [5.74, 6) is 0.799. The first-order valence-corrected chi connectivity index (χ1v) is 8.49. The summed E-state index contributed by atoms with van der Waals surface area (Å²) >= 11 is 3.50. The van der Waals surface area contributed by atoms with Crippen LogP contribution in [0.5, 0.6) is 5.88 Å². The van der Waals surface area contributed by atoms with Crippen molar-refractivity contribution in [2.45, 2.75) is 71.1 Å².